The van der Waals surface area contributed by atoms with Gasteiger partial charge in [-0.3, -0.25) is 4.79 Å². The summed E-state index contributed by atoms with van der Waals surface area (Å²) >= 11 is 0. The van der Waals surface area contributed by atoms with Crippen molar-refractivity contribution >= 4 is 11.9 Å². The van der Waals surface area contributed by atoms with Crippen LogP contribution in [-0.4, -0.2) is 53.5 Å². The number of carboxylic acid groups (broad SMARTS) is 1. The quantitative estimate of drug-likeness (QED) is 0.914. The third-order valence-corrected chi connectivity index (χ3v) is 3.17. The van der Waals surface area contributed by atoms with Crippen molar-refractivity contribution in [2.45, 2.75) is 25.5 Å². The summed E-state index contributed by atoms with van der Waals surface area (Å²) in [7, 11) is 0. The molecule has 6 nitrogen and oxygen atoms in total. The largest absolute Gasteiger partial charge is 0.573 e. The predicted octanol–water partition coefficient (Wildman–Crippen LogP) is 1.90. The first-order valence-corrected chi connectivity index (χ1v) is 6.69. The van der Waals surface area contributed by atoms with Gasteiger partial charge in [0.25, 0.3) is 5.91 Å². The van der Waals surface area contributed by atoms with E-state index >= 15 is 0 Å². The van der Waals surface area contributed by atoms with E-state index in [4.69, 9.17) is 9.84 Å². The van der Waals surface area contributed by atoms with E-state index in [1.165, 1.54) is 18.2 Å². The van der Waals surface area contributed by atoms with Crippen molar-refractivity contribution in [3.8, 4) is 5.75 Å². The van der Waals surface area contributed by atoms with Gasteiger partial charge in [0.1, 0.15) is 5.75 Å². The molecule has 1 saturated heterocycles. The van der Waals surface area contributed by atoms with Crippen LogP contribution in [0.3, 0.4) is 0 Å². The fraction of sp³-hybridized carbons (Fsp3) is 0.429. The van der Waals surface area contributed by atoms with E-state index in [9.17, 15) is 22.8 Å². The molecule has 0 bridgehead atoms. The van der Waals surface area contributed by atoms with Gasteiger partial charge in [0.2, 0.25) is 0 Å². The molecule has 126 valence electrons. The zero-order chi connectivity index (χ0) is 17.2. The lowest BCUT2D eigenvalue weighted by atomic mass is 10.1. The van der Waals surface area contributed by atoms with Crippen molar-refractivity contribution < 1.29 is 37.3 Å². The number of nitrogens with zero attached hydrogens (tertiary/aromatic N) is 1. The Morgan fingerprint density at radius 3 is 2.57 bits per heavy atom. The molecule has 1 unspecified atom stereocenters. The second-order valence-corrected chi connectivity index (χ2v) is 5.03. The molecule has 1 amide bonds. The molecule has 2 atom stereocenters. The van der Waals surface area contributed by atoms with Crippen LogP contribution in [0.2, 0.25) is 0 Å². The van der Waals surface area contributed by atoms with Gasteiger partial charge in [0.05, 0.1) is 18.2 Å². The first-order chi connectivity index (χ1) is 10.7. The molecule has 0 saturated carbocycles. The van der Waals surface area contributed by atoms with Gasteiger partial charge in [-0.2, -0.15) is 0 Å². The second-order valence-electron chi connectivity index (χ2n) is 5.03. The summed E-state index contributed by atoms with van der Waals surface area (Å²) in [5.74, 6) is -2.61. The van der Waals surface area contributed by atoms with Crippen molar-refractivity contribution in [1.82, 2.24) is 4.90 Å². The number of carbonyl (C=O) groups excluding carboxylic acids is 1. The first-order valence-electron chi connectivity index (χ1n) is 6.69. The van der Waals surface area contributed by atoms with E-state index < -0.39 is 36.2 Å². The molecule has 0 aromatic heterocycles. The number of aliphatic carboxylic acids is 1. The number of amides is 1. The SMILES string of the molecule is C[C@@H]1CN(C(=O)c2ccccc2OC(F)(F)F)CC(C(=O)O)O1. The zero-order valence-corrected chi connectivity index (χ0v) is 12.0. The summed E-state index contributed by atoms with van der Waals surface area (Å²) < 4.78 is 46.3. The Labute approximate surface area is 129 Å². The monoisotopic (exact) mass is 333 g/mol. The summed E-state index contributed by atoms with van der Waals surface area (Å²) in [5.41, 5.74) is -0.289. The van der Waals surface area contributed by atoms with Gasteiger partial charge in [-0.1, -0.05) is 12.1 Å². The van der Waals surface area contributed by atoms with Gasteiger partial charge < -0.3 is 19.5 Å². The standard InChI is InChI=1S/C14H14F3NO5/c1-8-6-18(7-11(22-8)13(20)21)12(19)9-4-2-3-5-10(9)23-14(15,16)17/h2-5,8,11H,6-7H2,1H3,(H,20,21)/t8-,11?/m1/s1. The molecule has 1 heterocycles. The Morgan fingerprint density at radius 2 is 1.96 bits per heavy atom. The molecule has 1 N–H and O–H groups in total. The third-order valence-electron chi connectivity index (χ3n) is 3.17. The first kappa shape index (κ1) is 17.1. The van der Waals surface area contributed by atoms with Gasteiger partial charge in [-0.25, -0.2) is 4.79 Å². The number of ether oxygens (including phenoxy) is 2. The second kappa shape index (κ2) is 6.45. The van der Waals surface area contributed by atoms with E-state index in [-0.39, 0.29) is 18.7 Å². The van der Waals surface area contributed by atoms with Gasteiger partial charge in [-0.15, -0.1) is 13.2 Å². The van der Waals surface area contributed by atoms with Crippen LogP contribution in [0, 0.1) is 0 Å². The minimum absolute atomic E-state index is 0.0724. The lowest BCUT2D eigenvalue weighted by Gasteiger charge is -2.35. The minimum Gasteiger partial charge on any atom is -0.479 e. The number of hydrogen-bond donors (Lipinski definition) is 1. The number of para-hydroxylation sites is 1. The van der Waals surface area contributed by atoms with Crippen molar-refractivity contribution in [3.05, 3.63) is 29.8 Å². The maximum Gasteiger partial charge on any atom is 0.573 e. The summed E-state index contributed by atoms with van der Waals surface area (Å²) in [6, 6.07) is 4.92. The number of hydrogen-bond acceptors (Lipinski definition) is 4. The lowest BCUT2D eigenvalue weighted by Crippen LogP contribution is -2.51. The number of benzene rings is 1. The molecule has 1 aliphatic heterocycles. The molecule has 0 spiro atoms. The topological polar surface area (TPSA) is 76.1 Å². The lowest BCUT2D eigenvalue weighted by molar-refractivity contribution is -0.274. The summed E-state index contributed by atoms with van der Waals surface area (Å²) in [6.07, 6.45) is -6.71. The number of rotatable bonds is 3. The highest BCUT2D eigenvalue weighted by atomic mass is 19.4. The van der Waals surface area contributed by atoms with Crippen molar-refractivity contribution in [2.24, 2.45) is 0 Å². The molecule has 1 aromatic rings. The molecular weight excluding hydrogens is 319 g/mol. The molecule has 2 rings (SSSR count). The number of carboxylic acids is 1. The molecule has 0 radical (unpaired) electrons. The summed E-state index contributed by atoms with van der Waals surface area (Å²) in [4.78, 5) is 24.6. The third kappa shape index (κ3) is 4.35. The van der Waals surface area contributed by atoms with Crippen LogP contribution in [0.5, 0.6) is 5.75 Å². The van der Waals surface area contributed by atoms with Crippen LogP contribution in [0.4, 0.5) is 13.2 Å². The van der Waals surface area contributed by atoms with Crippen LogP contribution < -0.4 is 4.74 Å². The van der Waals surface area contributed by atoms with Gasteiger partial charge in [-0.05, 0) is 19.1 Å². The Bertz CT molecular complexity index is 604. The molecule has 1 aromatic carbocycles. The van der Waals surface area contributed by atoms with Crippen LogP contribution >= 0.6 is 0 Å². The molecular formula is C14H14F3NO5. The molecule has 9 heteroatoms. The van der Waals surface area contributed by atoms with Crippen LogP contribution in [0.15, 0.2) is 24.3 Å². The highest BCUT2D eigenvalue weighted by molar-refractivity contribution is 5.97. The van der Waals surface area contributed by atoms with Gasteiger partial charge >= 0.3 is 12.3 Å². The van der Waals surface area contributed by atoms with E-state index in [0.29, 0.717) is 0 Å². The number of morpholine rings is 1. The summed E-state index contributed by atoms with van der Waals surface area (Å²) in [6.45, 7) is 1.40. The normalized spacial score (nSPS) is 21.8. The van der Waals surface area contributed by atoms with E-state index in [1.54, 1.807) is 6.92 Å². The number of alkyl halides is 3. The van der Waals surface area contributed by atoms with Crippen LogP contribution in [0.1, 0.15) is 17.3 Å². The highest BCUT2D eigenvalue weighted by Gasteiger charge is 2.36. The molecule has 1 aliphatic rings. The van der Waals surface area contributed by atoms with Crippen LogP contribution in [-0.2, 0) is 9.53 Å². The van der Waals surface area contributed by atoms with Crippen molar-refractivity contribution in [3.63, 3.8) is 0 Å². The van der Waals surface area contributed by atoms with Crippen LogP contribution in [0.25, 0.3) is 0 Å². The Balaban J connectivity index is 2.24. The van der Waals surface area contributed by atoms with E-state index in [2.05, 4.69) is 4.74 Å². The van der Waals surface area contributed by atoms with E-state index in [0.717, 1.165) is 11.0 Å². The molecule has 0 aliphatic carbocycles. The number of carbonyl (C=O) groups is 2. The molecule has 23 heavy (non-hydrogen) atoms. The van der Waals surface area contributed by atoms with Gasteiger partial charge in [0.15, 0.2) is 6.10 Å². The Morgan fingerprint density at radius 1 is 1.30 bits per heavy atom. The Kier molecular flexibility index (Phi) is 4.79. The number of halogens is 3. The smallest absolute Gasteiger partial charge is 0.479 e. The van der Waals surface area contributed by atoms with Gasteiger partial charge in [0, 0.05) is 6.54 Å². The van der Waals surface area contributed by atoms with E-state index in [1.807, 2.05) is 0 Å². The average molecular weight is 333 g/mol. The maximum atomic E-state index is 12.5. The molecule has 1 fully saturated rings. The van der Waals surface area contributed by atoms with Crippen molar-refractivity contribution in [1.29, 1.82) is 0 Å². The fourth-order valence-corrected chi connectivity index (χ4v) is 2.28. The maximum absolute atomic E-state index is 12.5. The minimum atomic E-state index is -4.93. The average Bonchev–Trinajstić information content (AvgIpc) is 2.44. The predicted molar refractivity (Wildman–Crippen MR) is 71.0 cm³/mol. The Hall–Kier alpha value is -2.29. The fourth-order valence-electron chi connectivity index (χ4n) is 2.28. The zero-order valence-electron chi connectivity index (χ0n) is 12.0. The van der Waals surface area contributed by atoms with Crippen molar-refractivity contribution in [2.75, 3.05) is 13.1 Å². The highest BCUT2D eigenvalue weighted by Crippen LogP contribution is 2.28. The summed E-state index contributed by atoms with van der Waals surface area (Å²) in [5, 5.41) is 9.00.